The summed E-state index contributed by atoms with van der Waals surface area (Å²) in [7, 11) is -2.17. The van der Waals surface area contributed by atoms with Gasteiger partial charge in [0.2, 0.25) is 0 Å². The second kappa shape index (κ2) is 116. The maximum atomic E-state index is 7.17. The molecule has 0 saturated heterocycles. The molecule has 0 atom stereocenters. The van der Waals surface area contributed by atoms with Gasteiger partial charge in [0, 0.05) is 0 Å². The van der Waals surface area contributed by atoms with Crippen LogP contribution < -0.4 is 0 Å². The van der Waals surface area contributed by atoms with Gasteiger partial charge in [-0.05, 0) is 0 Å². The van der Waals surface area contributed by atoms with Crippen LogP contribution in [0.4, 0.5) is 0 Å². The van der Waals surface area contributed by atoms with Crippen LogP contribution in [0.25, 0.3) is 0 Å². The van der Waals surface area contributed by atoms with E-state index in [2.05, 4.69) is 0 Å². The third-order valence-electron chi connectivity index (χ3n) is 0. The average Bonchev–Trinajstić information content (AvgIpc) is 1.98. The number of rotatable bonds is 0. The Bertz CT molecular complexity index is 34.5. The van der Waals surface area contributed by atoms with Crippen LogP contribution >= 0.6 is 0 Å². The summed E-state index contributed by atoms with van der Waals surface area (Å²) >= 11 is 0. The number of hydrogen-bond acceptors (Lipinski definition) is 9. The zero-order valence-electron chi connectivity index (χ0n) is 4.92. The maximum Gasteiger partial charge on any atom is 0.631 e. The predicted octanol–water partition coefficient (Wildman–Crippen LogP) is -0.263. The summed E-state index contributed by atoms with van der Waals surface area (Å²) in [5.41, 5.74) is 30.0. The van der Waals surface area contributed by atoms with Gasteiger partial charge >= 0.3 is 7.32 Å². The molecule has 60 valence electrons. The van der Waals surface area contributed by atoms with Gasteiger partial charge in [-0.25, -0.2) is 33.2 Å². The fourth-order valence-corrected chi connectivity index (χ4v) is 0. The molecule has 0 spiro atoms. The minimum Gasteiger partial charge on any atom is -0.402 e. The highest BCUT2D eigenvalue weighted by atomic mass is 16.5. The Morgan fingerprint density at radius 3 is 0.600 bits per heavy atom. The van der Waals surface area contributed by atoms with Crippen LogP contribution in [0.15, 0.2) is 0 Å². The lowest BCUT2D eigenvalue weighted by Crippen LogP contribution is -2.07. The molecular formula is H9BN6O3. The van der Waals surface area contributed by atoms with Crippen molar-refractivity contribution in [3.05, 3.63) is 0 Å². The maximum absolute atomic E-state index is 7.17. The Morgan fingerprint density at radius 2 is 0.600 bits per heavy atom. The summed E-state index contributed by atoms with van der Waals surface area (Å²) < 4.78 is 0. The monoisotopic (exact) mass is 152 g/mol. The lowest BCUT2D eigenvalue weighted by atomic mass is 10.3. The first-order chi connectivity index (χ1) is 4.73. The van der Waals surface area contributed by atoms with E-state index in [0.29, 0.717) is 0 Å². The highest BCUT2D eigenvalue weighted by molar-refractivity contribution is 6.30. The molecule has 0 aliphatic heterocycles. The van der Waals surface area contributed by atoms with E-state index in [1.165, 1.54) is 0 Å². The summed E-state index contributed by atoms with van der Waals surface area (Å²) in [6, 6.07) is 0. The van der Waals surface area contributed by atoms with Gasteiger partial charge in [-0.15, -0.1) is 0 Å². The molecule has 0 aromatic heterocycles. The van der Waals surface area contributed by atoms with E-state index in [1.54, 1.807) is 0 Å². The Hall–Kier alpha value is -1.26. The van der Waals surface area contributed by atoms with Crippen molar-refractivity contribution in [1.82, 2.24) is 0 Å². The quantitative estimate of drug-likeness (QED) is 0.170. The molecule has 0 saturated carbocycles. The molecule has 0 amide bonds. The van der Waals surface area contributed by atoms with Crippen molar-refractivity contribution in [2.24, 2.45) is 0 Å². The lowest BCUT2D eigenvalue weighted by Gasteiger charge is -1.69. The first-order valence-electron chi connectivity index (χ1n) is 1.52. The average molecular weight is 152 g/mol. The standard InChI is InChI=1S/BH3O3.3H2N2/c2-1(3)4;3*1-2/h2-4H;3*1-2H. The summed E-state index contributed by atoms with van der Waals surface area (Å²) in [6.45, 7) is 0. The topological polar surface area (TPSA) is 204 Å². The Balaban J connectivity index is -0.0000000262. The Labute approximate surface area is 56.8 Å². The molecule has 0 fully saturated rings. The van der Waals surface area contributed by atoms with Crippen LogP contribution in [-0.2, 0) is 0 Å². The van der Waals surface area contributed by atoms with E-state index in [4.69, 9.17) is 48.3 Å². The van der Waals surface area contributed by atoms with Crippen LogP contribution in [0, 0.1) is 33.2 Å². The Morgan fingerprint density at radius 1 is 0.600 bits per heavy atom. The fourth-order valence-electron chi connectivity index (χ4n) is 0. The van der Waals surface area contributed by atoms with E-state index in [0.717, 1.165) is 0 Å². The normalized spacial score (nSPS) is 3.90. The van der Waals surface area contributed by atoms with E-state index >= 15 is 0 Å². The molecule has 0 aromatic carbocycles. The highest BCUT2D eigenvalue weighted by Crippen LogP contribution is 1.40. The van der Waals surface area contributed by atoms with Gasteiger partial charge in [0.15, 0.2) is 0 Å². The molecule has 0 rings (SSSR count). The van der Waals surface area contributed by atoms with Crippen molar-refractivity contribution < 1.29 is 15.1 Å². The van der Waals surface area contributed by atoms with Crippen LogP contribution in [0.5, 0.6) is 0 Å². The van der Waals surface area contributed by atoms with E-state index in [1.807, 2.05) is 0 Å². The predicted molar refractivity (Wildman–Crippen MR) is 28.7 cm³/mol. The summed E-state index contributed by atoms with van der Waals surface area (Å²) in [6.07, 6.45) is 0. The molecular weight excluding hydrogens is 143 g/mol. The van der Waals surface area contributed by atoms with Crippen molar-refractivity contribution >= 4 is 7.32 Å². The van der Waals surface area contributed by atoms with Crippen LogP contribution in [0.1, 0.15) is 0 Å². The fraction of sp³-hybridized carbons (Fsp3) is 0. The van der Waals surface area contributed by atoms with Gasteiger partial charge in [0.25, 0.3) is 0 Å². The van der Waals surface area contributed by atoms with E-state index < -0.39 is 7.32 Å². The first-order valence-corrected chi connectivity index (χ1v) is 1.52. The SMILES string of the molecule is N=N.N=N.N=N.OB(O)O. The van der Waals surface area contributed by atoms with Crippen molar-refractivity contribution in [3.8, 4) is 0 Å². The smallest absolute Gasteiger partial charge is 0.402 e. The molecule has 0 bridgehead atoms. The third kappa shape index (κ3) is 141. The minimum atomic E-state index is -2.17. The molecule has 10 heteroatoms. The molecule has 0 aromatic rings. The minimum absolute atomic E-state index is 2.17. The van der Waals surface area contributed by atoms with Gasteiger partial charge in [-0.3, -0.25) is 0 Å². The summed E-state index contributed by atoms with van der Waals surface area (Å²) in [5, 5.41) is 21.5. The Kier molecular flexibility index (Phi) is 270. The zero-order chi connectivity index (χ0) is 9.58. The zero-order valence-corrected chi connectivity index (χ0v) is 4.92. The molecule has 0 heterocycles. The van der Waals surface area contributed by atoms with E-state index in [9.17, 15) is 0 Å². The van der Waals surface area contributed by atoms with Crippen molar-refractivity contribution in [1.29, 1.82) is 33.2 Å². The second-order valence-corrected chi connectivity index (χ2v) is 0.346. The summed E-state index contributed by atoms with van der Waals surface area (Å²) in [5.74, 6) is 0. The number of nitrogens with one attached hydrogen (secondary N) is 6. The third-order valence-corrected chi connectivity index (χ3v) is 0. The highest BCUT2D eigenvalue weighted by Gasteiger charge is 1.92. The van der Waals surface area contributed by atoms with Gasteiger partial charge < -0.3 is 15.1 Å². The van der Waals surface area contributed by atoms with Gasteiger partial charge in [0.1, 0.15) is 0 Å². The first kappa shape index (κ1) is 23.3. The molecule has 9 nitrogen and oxygen atoms in total. The lowest BCUT2D eigenvalue weighted by molar-refractivity contribution is 0.278. The van der Waals surface area contributed by atoms with Crippen molar-refractivity contribution in [3.63, 3.8) is 0 Å². The second-order valence-electron chi connectivity index (χ2n) is 0.346. The van der Waals surface area contributed by atoms with Gasteiger partial charge in [-0.1, -0.05) is 0 Å². The van der Waals surface area contributed by atoms with Crippen molar-refractivity contribution in [2.75, 3.05) is 0 Å². The van der Waals surface area contributed by atoms with Gasteiger partial charge in [-0.2, -0.15) is 0 Å². The van der Waals surface area contributed by atoms with Gasteiger partial charge in [0.05, 0.1) is 0 Å². The molecule has 0 unspecified atom stereocenters. The van der Waals surface area contributed by atoms with E-state index in [-0.39, 0.29) is 0 Å². The molecule has 0 aliphatic rings. The van der Waals surface area contributed by atoms with Crippen LogP contribution in [0.2, 0.25) is 0 Å². The molecule has 10 heavy (non-hydrogen) atoms. The van der Waals surface area contributed by atoms with Crippen LogP contribution in [-0.4, -0.2) is 22.4 Å². The molecule has 0 radical (unpaired) electrons. The summed E-state index contributed by atoms with van der Waals surface area (Å²) in [4.78, 5) is 0. The molecule has 0 aliphatic carbocycles. The van der Waals surface area contributed by atoms with Crippen LogP contribution in [0.3, 0.4) is 0 Å². The largest absolute Gasteiger partial charge is 0.631 e. The molecule has 9 N–H and O–H groups in total. The van der Waals surface area contributed by atoms with Crippen molar-refractivity contribution in [2.45, 2.75) is 0 Å². The number of hydrogen-bond donors (Lipinski definition) is 9.